The summed E-state index contributed by atoms with van der Waals surface area (Å²) < 4.78 is 11.6. The zero-order valence-corrected chi connectivity index (χ0v) is 9.84. The Bertz CT molecular complexity index is 534. The number of carbonyl (C=O) groups excluding carboxylic acids is 1. The number of imidazole rings is 1. The van der Waals surface area contributed by atoms with Crippen molar-refractivity contribution in [1.82, 2.24) is 9.38 Å². The molecule has 0 aromatic carbocycles. The first-order valence-corrected chi connectivity index (χ1v) is 5.29. The molecule has 90 valence electrons. The average molecular weight is 234 g/mol. The molecule has 0 fully saturated rings. The minimum absolute atomic E-state index is 0.349. The topological polar surface area (TPSA) is 52.8 Å². The number of nitrogens with zero attached hydrogens (tertiary/aromatic N) is 2. The predicted molar refractivity (Wildman–Crippen MR) is 62.1 cm³/mol. The lowest BCUT2D eigenvalue weighted by Gasteiger charge is -2.03. The SMILES string of the molecule is COCCc1ncc2ccc(C(=O)OC)cn12. The molecule has 0 N–H and O–H groups in total. The number of methoxy groups -OCH3 is 2. The van der Waals surface area contributed by atoms with E-state index in [2.05, 4.69) is 9.72 Å². The highest BCUT2D eigenvalue weighted by atomic mass is 16.5. The maximum atomic E-state index is 11.4. The summed E-state index contributed by atoms with van der Waals surface area (Å²) in [5.41, 5.74) is 1.46. The molecule has 0 saturated heterocycles. The van der Waals surface area contributed by atoms with E-state index in [1.54, 1.807) is 25.6 Å². The summed E-state index contributed by atoms with van der Waals surface area (Å²) in [5.74, 6) is 0.519. The van der Waals surface area contributed by atoms with Crippen molar-refractivity contribution in [3.63, 3.8) is 0 Å². The summed E-state index contributed by atoms with van der Waals surface area (Å²) >= 11 is 0. The minimum atomic E-state index is -0.349. The second-order valence-corrected chi connectivity index (χ2v) is 3.62. The number of esters is 1. The molecule has 17 heavy (non-hydrogen) atoms. The third-order valence-corrected chi connectivity index (χ3v) is 2.55. The zero-order valence-electron chi connectivity index (χ0n) is 9.84. The highest BCUT2D eigenvalue weighted by molar-refractivity contribution is 5.89. The average Bonchev–Trinajstić information content (AvgIpc) is 2.77. The van der Waals surface area contributed by atoms with Crippen molar-refractivity contribution in [2.45, 2.75) is 6.42 Å². The van der Waals surface area contributed by atoms with Gasteiger partial charge in [0.25, 0.3) is 0 Å². The molecule has 0 spiro atoms. The lowest BCUT2D eigenvalue weighted by Crippen LogP contribution is -2.05. The molecular formula is C12H14N2O3. The van der Waals surface area contributed by atoms with Crippen LogP contribution in [0.25, 0.3) is 5.52 Å². The van der Waals surface area contributed by atoms with Gasteiger partial charge in [0, 0.05) is 19.7 Å². The molecule has 5 heteroatoms. The molecule has 0 radical (unpaired) electrons. The lowest BCUT2D eigenvalue weighted by atomic mass is 10.2. The quantitative estimate of drug-likeness (QED) is 0.748. The number of pyridine rings is 1. The van der Waals surface area contributed by atoms with Crippen molar-refractivity contribution in [3.05, 3.63) is 35.9 Å². The fourth-order valence-electron chi connectivity index (χ4n) is 1.66. The maximum absolute atomic E-state index is 11.4. The van der Waals surface area contributed by atoms with E-state index < -0.39 is 0 Å². The first-order chi connectivity index (χ1) is 8.26. The normalized spacial score (nSPS) is 10.7. The summed E-state index contributed by atoms with van der Waals surface area (Å²) in [6.07, 6.45) is 4.21. The van der Waals surface area contributed by atoms with Crippen LogP contribution in [0.2, 0.25) is 0 Å². The third kappa shape index (κ3) is 2.29. The number of carbonyl (C=O) groups is 1. The maximum Gasteiger partial charge on any atom is 0.339 e. The number of hydrogen-bond acceptors (Lipinski definition) is 4. The van der Waals surface area contributed by atoms with Crippen LogP contribution in [0.15, 0.2) is 24.5 Å². The molecule has 0 bridgehead atoms. The molecule has 5 nitrogen and oxygen atoms in total. The Balaban J connectivity index is 2.39. The predicted octanol–water partition coefficient (Wildman–Crippen LogP) is 1.31. The fourth-order valence-corrected chi connectivity index (χ4v) is 1.66. The molecule has 2 rings (SSSR count). The van der Waals surface area contributed by atoms with Crippen molar-refractivity contribution in [1.29, 1.82) is 0 Å². The number of fused-ring (bicyclic) bond motifs is 1. The number of hydrogen-bond donors (Lipinski definition) is 0. The van der Waals surface area contributed by atoms with Gasteiger partial charge in [-0.15, -0.1) is 0 Å². The van der Waals surface area contributed by atoms with Gasteiger partial charge in [-0.25, -0.2) is 9.78 Å². The first kappa shape index (κ1) is 11.6. The zero-order chi connectivity index (χ0) is 12.3. The first-order valence-electron chi connectivity index (χ1n) is 5.29. The van der Waals surface area contributed by atoms with E-state index in [9.17, 15) is 4.79 Å². The molecule has 0 saturated carbocycles. The van der Waals surface area contributed by atoms with E-state index in [0.717, 1.165) is 11.3 Å². The smallest absolute Gasteiger partial charge is 0.339 e. The second kappa shape index (κ2) is 4.97. The van der Waals surface area contributed by atoms with E-state index in [0.29, 0.717) is 18.6 Å². The van der Waals surface area contributed by atoms with Crippen molar-refractivity contribution in [2.75, 3.05) is 20.8 Å². The van der Waals surface area contributed by atoms with Gasteiger partial charge in [-0.05, 0) is 12.1 Å². The van der Waals surface area contributed by atoms with Gasteiger partial charge in [0.1, 0.15) is 5.82 Å². The second-order valence-electron chi connectivity index (χ2n) is 3.62. The Morgan fingerprint density at radius 2 is 2.24 bits per heavy atom. The molecule has 2 aromatic heterocycles. The van der Waals surface area contributed by atoms with Crippen LogP contribution in [0.5, 0.6) is 0 Å². The van der Waals surface area contributed by atoms with E-state index in [1.807, 2.05) is 10.5 Å². The summed E-state index contributed by atoms with van der Waals surface area (Å²) in [7, 11) is 3.02. The van der Waals surface area contributed by atoms with Crippen LogP contribution in [0.4, 0.5) is 0 Å². The van der Waals surface area contributed by atoms with Crippen molar-refractivity contribution in [2.24, 2.45) is 0 Å². The van der Waals surface area contributed by atoms with Crippen LogP contribution in [0.3, 0.4) is 0 Å². The monoisotopic (exact) mass is 234 g/mol. The molecule has 0 aliphatic rings. The van der Waals surface area contributed by atoms with Crippen molar-refractivity contribution >= 4 is 11.5 Å². The van der Waals surface area contributed by atoms with Crippen LogP contribution in [0.1, 0.15) is 16.2 Å². The standard InChI is InChI=1S/C12H14N2O3/c1-16-6-5-11-13-7-10-4-3-9(8-14(10)11)12(15)17-2/h3-4,7-8H,5-6H2,1-2H3. The summed E-state index contributed by atoms with van der Waals surface area (Å²) in [6.45, 7) is 0.599. The molecule has 0 unspecified atom stereocenters. The molecular weight excluding hydrogens is 220 g/mol. The molecule has 0 aliphatic heterocycles. The van der Waals surface area contributed by atoms with Crippen LogP contribution in [-0.2, 0) is 15.9 Å². The Morgan fingerprint density at radius 3 is 2.94 bits per heavy atom. The Labute approximate surface area is 99.0 Å². The van der Waals surface area contributed by atoms with Crippen LogP contribution in [0, 0.1) is 0 Å². The Morgan fingerprint density at radius 1 is 1.41 bits per heavy atom. The van der Waals surface area contributed by atoms with E-state index in [1.165, 1.54) is 7.11 Å². The molecule has 0 amide bonds. The molecule has 2 heterocycles. The van der Waals surface area contributed by atoms with E-state index >= 15 is 0 Å². The highest BCUT2D eigenvalue weighted by Crippen LogP contribution is 2.11. The van der Waals surface area contributed by atoms with Gasteiger partial charge < -0.3 is 13.9 Å². The van der Waals surface area contributed by atoms with Crippen molar-refractivity contribution in [3.8, 4) is 0 Å². The molecule has 0 aliphatic carbocycles. The van der Waals surface area contributed by atoms with Crippen LogP contribution >= 0.6 is 0 Å². The fraction of sp³-hybridized carbons (Fsp3) is 0.333. The van der Waals surface area contributed by atoms with Crippen LogP contribution in [-0.4, -0.2) is 36.2 Å². The van der Waals surface area contributed by atoms with E-state index in [4.69, 9.17) is 4.74 Å². The highest BCUT2D eigenvalue weighted by Gasteiger charge is 2.09. The Hall–Kier alpha value is -1.88. The van der Waals surface area contributed by atoms with Gasteiger partial charge in [0.2, 0.25) is 0 Å². The van der Waals surface area contributed by atoms with Gasteiger partial charge in [-0.2, -0.15) is 0 Å². The van der Waals surface area contributed by atoms with Gasteiger partial charge >= 0.3 is 5.97 Å². The van der Waals surface area contributed by atoms with Gasteiger partial charge in [-0.1, -0.05) is 0 Å². The van der Waals surface area contributed by atoms with Gasteiger partial charge in [0.15, 0.2) is 0 Å². The lowest BCUT2D eigenvalue weighted by molar-refractivity contribution is 0.0600. The summed E-state index contributed by atoms with van der Waals surface area (Å²) in [5, 5.41) is 0. The van der Waals surface area contributed by atoms with Gasteiger partial charge in [-0.3, -0.25) is 0 Å². The number of rotatable bonds is 4. The molecule has 2 aromatic rings. The largest absolute Gasteiger partial charge is 0.465 e. The van der Waals surface area contributed by atoms with Gasteiger partial charge in [0.05, 0.1) is 31.0 Å². The van der Waals surface area contributed by atoms with E-state index in [-0.39, 0.29) is 5.97 Å². The van der Waals surface area contributed by atoms with Crippen LogP contribution < -0.4 is 0 Å². The third-order valence-electron chi connectivity index (χ3n) is 2.55. The summed E-state index contributed by atoms with van der Waals surface area (Å²) in [4.78, 5) is 15.7. The number of aromatic nitrogens is 2. The van der Waals surface area contributed by atoms with Crippen molar-refractivity contribution < 1.29 is 14.3 Å². The number of ether oxygens (including phenoxy) is 2. The Kier molecular flexibility index (Phi) is 3.39. The minimum Gasteiger partial charge on any atom is -0.465 e. The summed E-state index contributed by atoms with van der Waals surface area (Å²) in [6, 6.07) is 3.57. The molecule has 0 atom stereocenters.